The van der Waals surface area contributed by atoms with Crippen LogP contribution in [0.1, 0.15) is 118 Å². The predicted molar refractivity (Wildman–Crippen MR) is 152 cm³/mol. The number of carbonyl (C=O) groups excluding carboxylic acids is 2. The van der Waals surface area contributed by atoms with Gasteiger partial charge in [-0.05, 0) is 65.6 Å². The van der Waals surface area contributed by atoms with E-state index in [1.165, 1.54) is 48.5 Å². The molecule has 13 heteroatoms. The van der Waals surface area contributed by atoms with Crippen molar-refractivity contribution in [3.05, 3.63) is 0 Å². The van der Waals surface area contributed by atoms with E-state index in [1.807, 2.05) is 27.7 Å². The van der Waals surface area contributed by atoms with E-state index in [0.29, 0.717) is 0 Å². The number of thiocarbonyl (C=S) groups is 1. The van der Waals surface area contributed by atoms with Crippen LogP contribution in [-0.4, -0.2) is 51.4 Å². The van der Waals surface area contributed by atoms with Crippen LogP contribution in [0, 0.1) is 0 Å². The minimum absolute atomic E-state index is 0.00743. The van der Waals surface area contributed by atoms with Crippen molar-refractivity contribution in [1.29, 1.82) is 0 Å². The van der Waals surface area contributed by atoms with Crippen LogP contribution in [0.5, 0.6) is 0 Å². The molecule has 2 saturated carbocycles. The Morgan fingerprint density at radius 1 is 0.605 bits per heavy atom. The van der Waals surface area contributed by atoms with Gasteiger partial charge in [-0.3, -0.25) is 10.9 Å². The molecule has 0 unspecified atom stereocenters. The van der Waals surface area contributed by atoms with Gasteiger partial charge in [0.15, 0.2) is 0 Å². The second kappa shape index (κ2) is 17.8. The monoisotopic (exact) mass is 552 g/mol. The lowest BCUT2D eigenvalue weighted by atomic mass is 9.97. The summed E-state index contributed by atoms with van der Waals surface area (Å²) in [5.74, 6) is 0. The molecule has 2 fully saturated rings. The third kappa shape index (κ3) is 12.3. The van der Waals surface area contributed by atoms with Gasteiger partial charge in [0, 0.05) is 0 Å². The number of amides is 4. The van der Waals surface area contributed by atoms with Gasteiger partial charge in [0.25, 0.3) is 0 Å². The van der Waals surface area contributed by atoms with E-state index in [9.17, 15) is 9.59 Å². The van der Waals surface area contributed by atoms with E-state index in [0.717, 1.165) is 51.4 Å². The highest BCUT2D eigenvalue weighted by atomic mass is 32.1. The lowest BCUT2D eigenvalue weighted by molar-refractivity contribution is 0.175. The molecule has 2 rings (SSSR count). The van der Waals surface area contributed by atoms with Crippen LogP contribution in [0.2, 0.25) is 0 Å². The molecule has 4 amide bonds. The smallest absolute Gasteiger partial charge is 0.271 e. The number of hydrogen-bond acceptors (Lipinski definition) is 7. The maximum atomic E-state index is 12.7. The van der Waals surface area contributed by atoms with E-state index >= 15 is 0 Å². The summed E-state index contributed by atoms with van der Waals surface area (Å²) in [4.78, 5) is 25.4. The third-order valence-corrected chi connectivity index (χ3v) is 6.94. The van der Waals surface area contributed by atoms with Crippen molar-refractivity contribution in [2.24, 2.45) is 20.7 Å². The van der Waals surface area contributed by atoms with Gasteiger partial charge in [-0.25, -0.2) is 20.4 Å². The summed E-state index contributed by atoms with van der Waals surface area (Å²) >= 11 is 5.19. The average molecular weight is 553 g/mol. The highest BCUT2D eigenvalue weighted by Gasteiger charge is 2.20. The normalized spacial score (nSPS) is 18.5. The van der Waals surface area contributed by atoms with Crippen LogP contribution in [0.25, 0.3) is 0 Å². The van der Waals surface area contributed by atoms with Crippen LogP contribution in [0.4, 0.5) is 9.59 Å². The molecule has 2 aliphatic carbocycles. The second-order valence-corrected chi connectivity index (χ2v) is 11.1. The summed E-state index contributed by atoms with van der Waals surface area (Å²) in [7, 11) is 0. The second-order valence-electron chi connectivity index (χ2n) is 10.7. The molecule has 12 nitrogen and oxygen atoms in total. The van der Waals surface area contributed by atoms with E-state index in [1.54, 1.807) is 0 Å². The van der Waals surface area contributed by atoms with E-state index in [2.05, 4.69) is 42.4 Å². The van der Waals surface area contributed by atoms with Crippen molar-refractivity contribution in [1.82, 2.24) is 31.7 Å². The van der Waals surface area contributed by atoms with Gasteiger partial charge in [0.1, 0.15) is 0 Å². The van der Waals surface area contributed by atoms with E-state index in [4.69, 9.17) is 12.2 Å². The van der Waals surface area contributed by atoms with Crippen molar-refractivity contribution in [3.63, 3.8) is 0 Å². The largest absolute Gasteiger partial charge is 0.358 e. The molecule has 0 radical (unpaired) electrons. The summed E-state index contributed by atoms with van der Waals surface area (Å²) in [6.45, 7) is 7.44. The van der Waals surface area contributed by atoms with Crippen LogP contribution in [0.15, 0.2) is 20.7 Å². The molecule has 0 aromatic carbocycles. The Labute approximate surface area is 233 Å². The van der Waals surface area contributed by atoms with E-state index in [-0.39, 0.29) is 29.3 Å². The topological polar surface area (TPSA) is 138 Å². The zero-order valence-electron chi connectivity index (χ0n) is 23.6. The Balaban J connectivity index is 1.80. The Kier molecular flexibility index (Phi) is 14.9. The Hall–Kier alpha value is -2.57. The summed E-state index contributed by atoms with van der Waals surface area (Å²) in [5, 5.41) is 19.9. The molecule has 0 aliphatic heterocycles. The van der Waals surface area contributed by atoms with Crippen molar-refractivity contribution >= 4 is 29.4 Å². The maximum absolute atomic E-state index is 12.7. The summed E-state index contributed by atoms with van der Waals surface area (Å²) in [5.41, 5.74) is 10.2. The number of rotatable bonds is 6. The first-order chi connectivity index (χ1) is 18.3. The van der Waals surface area contributed by atoms with Crippen LogP contribution in [0.3, 0.4) is 0 Å². The van der Waals surface area contributed by atoms with Gasteiger partial charge in [0.05, 0.1) is 24.2 Å². The highest BCUT2D eigenvalue weighted by molar-refractivity contribution is 7.80. The van der Waals surface area contributed by atoms with Crippen LogP contribution < -0.4 is 21.7 Å². The van der Waals surface area contributed by atoms with Crippen molar-refractivity contribution in [3.8, 4) is 0 Å². The molecular formula is C25H48N10O2S. The Bertz CT molecular complexity index is 714. The quantitative estimate of drug-likeness (QED) is 0.180. The first kappa shape index (κ1) is 31.6. The SMILES string of the molecule is CC(C)N(N=NC1CCCCCCC1)C(=O)NNC(=S)NNC(=O)N(N=NC1CCCCCCC1)C(C)C. The Morgan fingerprint density at radius 2 is 0.921 bits per heavy atom. The maximum Gasteiger partial charge on any atom is 0.358 e. The zero-order chi connectivity index (χ0) is 27.8. The fourth-order valence-corrected chi connectivity index (χ4v) is 4.58. The zero-order valence-corrected chi connectivity index (χ0v) is 24.4. The molecule has 0 atom stereocenters. The van der Waals surface area contributed by atoms with Crippen molar-refractivity contribution in [2.45, 2.75) is 142 Å². The van der Waals surface area contributed by atoms with E-state index < -0.39 is 12.1 Å². The number of urea groups is 2. The van der Waals surface area contributed by atoms with Gasteiger partial charge in [-0.15, -0.1) is 0 Å². The lowest BCUT2D eigenvalue weighted by Gasteiger charge is -2.23. The fourth-order valence-electron chi connectivity index (χ4n) is 4.48. The molecule has 216 valence electrons. The fraction of sp³-hybridized carbons (Fsp3) is 0.880. The summed E-state index contributed by atoms with van der Waals surface area (Å²) in [6.07, 6.45) is 16.0. The molecular weight excluding hydrogens is 504 g/mol. The first-order valence-electron chi connectivity index (χ1n) is 14.3. The van der Waals surface area contributed by atoms with Gasteiger partial charge >= 0.3 is 12.1 Å². The van der Waals surface area contributed by atoms with Gasteiger partial charge in [0.2, 0.25) is 5.11 Å². The van der Waals surface area contributed by atoms with Crippen LogP contribution >= 0.6 is 12.2 Å². The first-order valence-corrected chi connectivity index (χ1v) is 14.7. The highest BCUT2D eigenvalue weighted by Crippen LogP contribution is 2.21. The molecule has 4 N–H and O–H groups in total. The number of carbonyl (C=O) groups is 2. The van der Waals surface area contributed by atoms with Gasteiger partial charge < -0.3 is 0 Å². The average Bonchev–Trinajstić information content (AvgIpc) is 2.83. The van der Waals surface area contributed by atoms with Crippen molar-refractivity contribution < 1.29 is 9.59 Å². The van der Waals surface area contributed by atoms with Gasteiger partial charge in [-0.1, -0.05) is 74.7 Å². The molecule has 2 aliphatic rings. The number of hydrazine groups is 2. The number of nitrogens with zero attached hydrogens (tertiary/aromatic N) is 6. The summed E-state index contributed by atoms with van der Waals surface area (Å²) in [6, 6.07) is -1.10. The number of nitrogens with one attached hydrogen (secondary N) is 4. The molecule has 0 saturated heterocycles. The molecule has 0 spiro atoms. The predicted octanol–water partition coefficient (Wildman–Crippen LogP) is 6.08. The molecule has 38 heavy (non-hydrogen) atoms. The lowest BCUT2D eigenvalue weighted by Crippen LogP contribution is -2.56. The summed E-state index contributed by atoms with van der Waals surface area (Å²) < 4.78 is 0. The van der Waals surface area contributed by atoms with Crippen molar-refractivity contribution in [2.75, 3.05) is 0 Å². The molecule has 0 heterocycles. The van der Waals surface area contributed by atoms with Gasteiger partial charge in [-0.2, -0.15) is 20.2 Å². The minimum atomic E-state index is -0.498. The minimum Gasteiger partial charge on any atom is -0.271 e. The van der Waals surface area contributed by atoms with Crippen LogP contribution in [-0.2, 0) is 0 Å². The number of hydrogen-bond donors (Lipinski definition) is 4. The molecule has 0 aromatic heterocycles. The Morgan fingerprint density at radius 3 is 1.24 bits per heavy atom. The molecule has 0 aromatic rings. The standard InChI is InChI=1S/C25H48N10O2S/c1-19(2)34(32-26-21-15-11-7-5-8-12-16-21)24(36)30-28-23(38)29-31-25(37)35(20(3)4)33-27-22-17-13-9-6-10-14-18-22/h19-22H,5-18H2,1-4H3,(H,30,36)(H,31,37)(H2,28,29,38). The molecule has 0 bridgehead atoms. The third-order valence-electron chi connectivity index (χ3n) is 6.73.